The van der Waals surface area contributed by atoms with Gasteiger partial charge in [0, 0.05) is 12.2 Å². The molecule has 0 aromatic carbocycles. The zero-order chi connectivity index (χ0) is 10.0. The first-order valence-corrected chi connectivity index (χ1v) is 4.46. The van der Waals surface area contributed by atoms with Crippen molar-refractivity contribution in [3.05, 3.63) is 34.2 Å². The maximum absolute atomic E-state index is 11.6. The Morgan fingerprint density at radius 3 is 2.69 bits per heavy atom. The largest absolute Gasteiger partial charge is 0.389 e. The molecule has 1 aromatic heterocycles. The van der Waals surface area contributed by atoms with Crippen LogP contribution in [0.25, 0.3) is 0 Å². The van der Waals surface area contributed by atoms with Crippen molar-refractivity contribution >= 4 is 17.2 Å². The smallest absolute Gasteiger partial charge is 0.261 e. The van der Waals surface area contributed by atoms with E-state index in [0.717, 1.165) is 0 Å². The lowest BCUT2D eigenvalue weighted by molar-refractivity contribution is 0.577. The Labute approximate surface area is 82.2 Å². The summed E-state index contributed by atoms with van der Waals surface area (Å²) in [6, 6.07) is 3.54. The van der Waals surface area contributed by atoms with Gasteiger partial charge in [-0.1, -0.05) is 12.2 Å². The standard InChI is InChI=1S/C9H12N2OS/c1-6(2)11-5-3-4-7(8(10)13)9(11)12/h3-6H,1-2H3,(H2,10,13). The van der Waals surface area contributed by atoms with Gasteiger partial charge in [0.25, 0.3) is 5.56 Å². The summed E-state index contributed by atoms with van der Waals surface area (Å²) < 4.78 is 1.61. The van der Waals surface area contributed by atoms with Crippen molar-refractivity contribution < 1.29 is 0 Å². The van der Waals surface area contributed by atoms with Gasteiger partial charge < -0.3 is 10.3 Å². The minimum atomic E-state index is -0.120. The Morgan fingerprint density at radius 2 is 2.23 bits per heavy atom. The monoisotopic (exact) mass is 196 g/mol. The van der Waals surface area contributed by atoms with E-state index in [1.807, 2.05) is 13.8 Å². The van der Waals surface area contributed by atoms with Gasteiger partial charge in [0.05, 0.1) is 5.56 Å². The lowest BCUT2D eigenvalue weighted by atomic mass is 10.2. The fourth-order valence-electron chi connectivity index (χ4n) is 1.10. The van der Waals surface area contributed by atoms with Crippen LogP contribution < -0.4 is 11.3 Å². The highest BCUT2D eigenvalue weighted by molar-refractivity contribution is 7.80. The van der Waals surface area contributed by atoms with Crippen molar-refractivity contribution in [3.63, 3.8) is 0 Å². The van der Waals surface area contributed by atoms with Gasteiger partial charge in [-0.25, -0.2) is 0 Å². The lowest BCUT2D eigenvalue weighted by Crippen LogP contribution is -2.29. The maximum Gasteiger partial charge on any atom is 0.261 e. The second-order valence-electron chi connectivity index (χ2n) is 3.09. The summed E-state index contributed by atoms with van der Waals surface area (Å²) in [6.07, 6.45) is 1.73. The average Bonchev–Trinajstić information content (AvgIpc) is 2.03. The van der Waals surface area contributed by atoms with Crippen LogP contribution in [0.2, 0.25) is 0 Å². The zero-order valence-electron chi connectivity index (χ0n) is 7.65. The summed E-state index contributed by atoms with van der Waals surface area (Å²) >= 11 is 4.76. The van der Waals surface area contributed by atoms with Crippen molar-refractivity contribution in [2.24, 2.45) is 5.73 Å². The molecule has 13 heavy (non-hydrogen) atoms. The number of hydrogen-bond donors (Lipinski definition) is 1. The van der Waals surface area contributed by atoms with E-state index in [1.54, 1.807) is 22.9 Å². The SMILES string of the molecule is CC(C)n1cccc(C(N)=S)c1=O. The first kappa shape index (κ1) is 9.92. The number of aromatic nitrogens is 1. The third-order valence-electron chi connectivity index (χ3n) is 1.80. The molecule has 3 nitrogen and oxygen atoms in total. The summed E-state index contributed by atoms with van der Waals surface area (Å²) in [5.41, 5.74) is 5.69. The highest BCUT2D eigenvalue weighted by Crippen LogP contribution is 2.00. The number of hydrogen-bond acceptors (Lipinski definition) is 2. The average molecular weight is 196 g/mol. The topological polar surface area (TPSA) is 48.0 Å². The van der Waals surface area contributed by atoms with Gasteiger partial charge >= 0.3 is 0 Å². The maximum atomic E-state index is 11.6. The van der Waals surface area contributed by atoms with E-state index < -0.39 is 0 Å². The summed E-state index contributed by atoms with van der Waals surface area (Å²) in [4.78, 5) is 11.8. The third-order valence-corrected chi connectivity index (χ3v) is 2.02. The Hall–Kier alpha value is -1.16. The van der Waals surface area contributed by atoms with Crippen molar-refractivity contribution in [2.45, 2.75) is 19.9 Å². The first-order valence-electron chi connectivity index (χ1n) is 4.05. The molecule has 0 aliphatic carbocycles. The Balaban J connectivity index is 3.36. The Kier molecular flexibility index (Phi) is 2.83. The molecule has 0 saturated carbocycles. The van der Waals surface area contributed by atoms with E-state index in [4.69, 9.17) is 18.0 Å². The molecular weight excluding hydrogens is 184 g/mol. The molecular formula is C9H12N2OS. The van der Waals surface area contributed by atoms with Crippen molar-refractivity contribution in [1.82, 2.24) is 4.57 Å². The van der Waals surface area contributed by atoms with Crippen LogP contribution in [0.15, 0.2) is 23.1 Å². The molecule has 4 heteroatoms. The molecule has 0 aliphatic heterocycles. The second-order valence-corrected chi connectivity index (χ2v) is 3.53. The quantitative estimate of drug-likeness (QED) is 0.720. The second kappa shape index (κ2) is 3.70. The number of nitrogens with two attached hydrogens (primary N) is 1. The van der Waals surface area contributed by atoms with E-state index in [2.05, 4.69) is 0 Å². The molecule has 0 amide bonds. The highest BCUT2D eigenvalue weighted by atomic mass is 32.1. The van der Waals surface area contributed by atoms with E-state index in [0.29, 0.717) is 5.56 Å². The van der Waals surface area contributed by atoms with E-state index in [1.165, 1.54) is 0 Å². The predicted octanol–water partition coefficient (Wildman–Crippen LogP) is 1.06. The molecule has 0 saturated heterocycles. The molecule has 0 aliphatic rings. The van der Waals surface area contributed by atoms with Crippen LogP contribution in [0.3, 0.4) is 0 Å². The van der Waals surface area contributed by atoms with E-state index >= 15 is 0 Å². The number of rotatable bonds is 2. The minimum Gasteiger partial charge on any atom is -0.389 e. The first-order chi connectivity index (χ1) is 6.04. The van der Waals surface area contributed by atoms with Crippen LogP contribution in [0.1, 0.15) is 25.5 Å². The van der Waals surface area contributed by atoms with Crippen LogP contribution in [-0.4, -0.2) is 9.56 Å². The van der Waals surface area contributed by atoms with Crippen LogP contribution in [0.4, 0.5) is 0 Å². The van der Waals surface area contributed by atoms with E-state index in [-0.39, 0.29) is 16.6 Å². The van der Waals surface area contributed by atoms with Gasteiger partial charge in [-0.15, -0.1) is 0 Å². The molecule has 1 heterocycles. The fourth-order valence-corrected chi connectivity index (χ4v) is 1.26. The predicted molar refractivity (Wildman–Crippen MR) is 57.0 cm³/mol. The van der Waals surface area contributed by atoms with Crippen LogP contribution in [-0.2, 0) is 0 Å². The van der Waals surface area contributed by atoms with Gasteiger partial charge in [0.2, 0.25) is 0 Å². The molecule has 1 aromatic rings. The third kappa shape index (κ3) is 1.95. The Morgan fingerprint density at radius 1 is 1.62 bits per heavy atom. The van der Waals surface area contributed by atoms with Gasteiger partial charge in [0.1, 0.15) is 4.99 Å². The normalized spacial score (nSPS) is 10.4. The molecule has 1 rings (SSSR count). The summed E-state index contributed by atoms with van der Waals surface area (Å²) in [5, 5.41) is 0. The van der Waals surface area contributed by atoms with Crippen molar-refractivity contribution in [3.8, 4) is 0 Å². The van der Waals surface area contributed by atoms with Gasteiger partial charge in [-0.3, -0.25) is 4.79 Å². The molecule has 2 N–H and O–H groups in total. The van der Waals surface area contributed by atoms with Crippen LogP contribution >= 0.6 is 12.2 Å². The molecule has 0 spiro atoms. The van der Waals surface area contributed by atoms with Crippen LogP contribution in [0.5, 0.6) is 0 Å². The zero-order valence-corrected chi connectivity index (χ0v) is 8.47. The summed E-state index contributed by atoms with van der Waals surface area (Å²) in [7, 11) is 0. The number of thiocarbonyl (C=S) groups is 1. The molecule has 0 radical (unpaired) electrons. The summed E-state index contributed by atoms with van der Waals surface area (Å²) in [6.45, 7) is 3.87. The van der Waals surface area contributed by atoms with Crippen molar-refractivity contribution in [1.29, 1.82) is 0 Å². The van der Waals surface area contributed by atoms with Gasteiger partial charge in [-0.2, -0.15) is 0 Å². The minimum absolute atomic E-state index is 0.120. The molecule has 0 fully saturated rings. The summed E-state index contributed by atoms with van der Waals surface area (Å²) in [5.74, 6) is 0. The van der Waals surface area contributed by atoms with E-state index in [9.17, 15) is 4.79 Å². The number of nitrogens with zero attached hydrogens (tertiary/aromatic N) is 1. The molecule has 70 valence electrons. The molecule has 0 unspecified atom stereocenters. The number of pyridine rings is 1. The highest BCUT2D eigenvalue weighted by Gasteiger charge is 2.06. The molecule has 0 atom stereocenters. The fraction of sp³-hybridized carbons (Fsp3) is 0.333. The van der Waals surface area contributed by atoms with Gasteiger partial charge in [0.15, 0.2) is 0 Å². The Bertz CT molecular complexity index is 381. The van der Waals surface area contributed by atoms with Gasteiger partial charge in [-0.05, 0) is 26.0 Å². The van der Waals surface area contributed by atoms with Crippen LogP contribution in [0, 0.1) is 0 Å². The lowest BCUT2D eigenvalue weighted by Gasteiger charge is -2.10. The molecule has 0 bridgehead atoms. The van der Waals surface area contributed by atoms with Crippen molar-refractivity contribution in [2.75, 3.05) is 0 Å².